The fourth-order valence-corrected chi connectivity index (χ4v) is 3.82. The summed E-state index contributed by atoms with van der Waals surface area (Å²) in [6, 6.07) is 3.75. The zero-order valence-electron chi connectivity index (χ0n) is 12.2. The van der Waals surface area contributed by atoms with Crippen molar-refractivity contribution in [1.29, 1.82) is 0 Å². The minimum Gasteiger partial charge on any atom is -0.480 e. The van der Waals surface area contributed by atoms with Crippen molar-refractivity contribution in [3.05, 3.63) is 30.1 Å². The maximum Gasteiger partial charge on any atom is 0.320 e. The number of sulfonamides is 1. The van der Waals surface area contributed by atoms with Crippen LogP contribution in [0.3, 0.4) is 0 Å². The second kappa shape index (κ2) is 6.72. The third kappa shape index (κ3) is 4.02. The number of hydrogen-bond donors (Lipinski definition) is 2. The molecule has 6 nitrogen and oxygen atoms in total. The van der Waals surface area contributed by atoms with Crippen LogP contribution in [0.5, 0.6) is 0 Å². The van der Waals surface area contributed by atoms with E-state index in [1.54, 1.807) is 11.8 Å². The molecular formula is C14H19FN2O4S. The van der Waals surface area contributed by atoms with Crippen LogP contribution in [0.25, 0.3) is 0 Å². The molecule has 0 unspecified atom stereocenters. The monoisotopic (exact) mass is 330 g/mol. The Morgan fingerprint density at radius 1 is 1.50 bits per heavy atom. The average molecular weight is 330 g/mol. The maximum atomic E-state index is 13.2. The number of piperidine rings is 1. The number of hydrogen-bond acceptors (Lipinski definition) is 4. The molecule has 8 heteroatoms. The summed E-state index contributed by atoms with van der Waals surface area (Å²) in [5, 5.41) is 9.04. The number of aliphatic carboxylic acids is 1. The van der Waals surface area contributed by atoms with Crippen molar-refractivity contribution in [2.24, 2.45) is 0 Å². The van der Waals surface area contributed by atoms with E-state index >= 15 is 0 Å². The van der Waals surface area contributed by atoms with Gasteiger partial charge in [-0.15, -0.1) is 0 Å². The first-order valence-electron chi connectivity index (χ1n) is 7.04. The van der Waals surface area contributed by atoms with Gasteiger partial charge in [0.05, 0.1) is 4.90 Å². The standard InChI is InChI=1S/C14H19FN2O4S/c1-10(14(18)19)17-7-3-5-12(9-17)16-22(20,21)13-6-2-4-11(15)8-13/h2,4,6,8,10,12,16H,3,5,7,9H2,1H3,(H,18,19)/t10-,12+/m0/s1. The molecule has 0 aromatic heterocycles. The Morgan fingerprint density at radius 3 is 2.86 bits per heavy atom. The highest BCUT2D eigenvalue weighted by Gasteiger charge is 2.29. The number of halogens is 1. The maximum absolute atomic E-state index is 13.2. The molecule has 1 aliphatic heterocycles. The fraction of sp³-hybridized carbons (Fsp3) is 0.500. The van der Waals surface area contributed by atoms with Gasteiger partial charge >= 0.3 is 5.97 Å². The van der Waals surface area contributed by atoms with Crippen molar-refractivity contribution in [3.63, 3.8) is 0 Å². The average Bonchev–Trinajstić information content (AvgIpc) is 2.46. The summed E-state index contributed by atoms with van der Waals surface area (Å²) in [6.07, 6.45) is 1.32. The lowest BCUT2D eigenvalue weighted by Gasteiger charge is -2.35. The molecule has 2 rings (SSSR count). The zero-order chi connectivity index (χ0) is 16.3. The molecule has 0 amide bonds. The summed E-state index contributed by atoms with van der Waals surface area (Å²) in [7, 11) is -3.82. The summed E-state index contributed by atoms with van der Waals surface area (Å²) >= 11 is 0. The summed E-state index contributed by atoms with van der Waals surface area (Å²) in [5.74, 6) is -1.55. The van der Waals surface area contributed by atoms with E-state index in [-0.39, 0.29) is 10.9 Å². The zero-order valence-corrected chi connectivity index (χ0v) is 13.0. The molecule has 1 aliphatic rings. The Morgan fingerprint density at radius 2 is 2.23 bits per heavy atom. The molecule has 0 saturated carbocycles. The molecule has 0 aliphatic carbocycles. The van der Waals surface area contributed by atoms with Gasteiger partial charge in [0.1, 0.15) is 11.9 Å². The summed E-state index contributed by atoms with van der Waals surface area (Å²) < 4.78 is 40.2. The molecule has 1 heterocycles. The van der Waals surface area contributed by atoms with Crippen LogP contribution in [-0.2, 0) is 14.8 Å². The molecule has 1 aromatic carbocycles. The van der Waals surface area contributed by atoms with Crippen molar-refractivity contribution in [2.45, 2.75) is 36.7 Å². The second-order valence-corrected chi connectivity index (χ2v) is 7.14. The largest absolute Gasteiger partial charge is 0.480 e. The number of nitrogens with one attached hydrogen (secondary N) is 1. The van der Waals surface area contributed by atoms with Crippen molar-refractivity contribution >= 4 is 16.0 Å². The molecule has 122 valence electrons. The summed E-state index contributed by atoms with van der Waals surface area (Å²) in [4.78, 5) is 12.6. The van der Waals surface area contributed by atoms with Crippen LogP contribution in [0.2, 0.25) is 0 Å². The number of benzene rings is 1. The van der Waals surface area contributed by atoms with E-state index in [4.69, 9.17) is 5.11 Å². The lowest BCUT2D eigenvalue weighted by atomic mass is 10.1. The molecule has 22 heavy (non-hydrogen) atoms. The second-order valence-electron chi connectivity index (χ2n) is 5.43. The predicted octanol–water partition coefficient (Wildman–Crippen LogP) is 1.04. The first kappa shape index (κ1) is 16.9. The van der Waals surface area contributed by atoms with Gasteiger partial charge in [-0.2, -0.15) is 0 Å². The molecule has 2 N–H and O–H groups in total. The topological polar surface area (TPSA) is 86.7 Å². The van der Waals surface area contributed by atoms with Crippen LogP contribution in [0.4, 0.5) is 4.39 Å². The van der Waals surface area contributed by atoms with E-state index in [2.05, 4.69) is 4.72 Å². The molecule has 2 atom stereocenters. The van der Waals surface area contributed by atoms with Crippen molar-refractivity contribution < 1.29 is 22.7 Å². The number of carboxylic acids is 1. The van der Waals surface area contributed by atoms with E-state index < -0.39 is 27.9 Å². The third-order valence-electron chi connectivity index (χ3n) is 3.79. The van der Waals surface area contributed by atoms with Crippen LogP contribution >= 0.6 is 0 Å². The van der Waals surface area contributed by atoms with E-state index in [1.165, 1.54) is 18.2 Å². The van der Waals surface area contributed by atoms with Gasteiger partial charge in [-0.05, 0) is 44.5 Å². The van der Waals surface area contributed by atoms with E-state index in [1.807, 2.05) is 0 Å². The lowest BCUT2D eigenvalue weighted by Crippen LogP contribution is -2.52. The number of carbonyl (C=O) groups is 1. The molecule has 1 aromatic rings. The lowest BCUT2D eigenvalue weighted by molar-refractivity contribution is -0.143. The van der Waals surface area contributed by atoms with Gasteiger partial charge in [0.15, 0.2) is 0 Å². The molecular weight excluding hydrogens is 311 g/mol. The van der Waals surface area contributed by atoms with Crippen LogP contribution < -0.4 is 4.72 Å². The SMILES string of the molecule is C[C@@H](C(=O)O)N1CCC[C@@H](NS(=O)(=O)c2cccc(F)c2)C1. The molecule has 0 spiro atoms. The quantitative estimate of drug-likeness (QED) is 0.842. The van der Waals surface area contributed by atoms with Gasteiger partial charge in [0, 0.05) is 12.6 Å². The Hall–Kier alpha value is -1.51. The Labute approximate surface area is 129 Å². The fourth-order valence-electron chi connectivity index (χ4n) is 2.53. The summed E-state index contributed by atoms with van der Waals surface area (Å²) in [5.41, 5.74) is 0. The highest BCUT2D eigenvalue weighted by atomic mass is 32.2. The smallest absolute Gasteiger partial charge is 0.320 e. The van der Waals surface area contributed by atoms with Crippen LogP contribution in [0.1, 0.15) is 19.8 Å². The Kier molecular flexibility index (Phi) is 5.15. The molecule has 0 bridgehead atoms. The summed E-state index contributed by atoms with van der Waals surface area (Å²) in [6.45, 7) is 2.51. The van der Waals surface area contributed by atoms with Gasteiger partial charge < -0.3 is 5.11 Å². The van der Waals surface area contributed by atoms with Crippen LogP contribution in [0, 0.1) is 5.82 Å². The molecule has 0 radical (unpaired) electrons. The highest BCUT2D eigenvalue weighted by molar-refractivity contribution is 7.89. The van der Waals surface area contributed by atoms with Crippen molar-refractivity contribution in [3.8, 4) is 0 Å². The number of likely N-dealkylation sites (tertiary alicyclic amines) is 1. The van der Waals surface area contributed by atoms with Gasteiger partial charge in [-0.25, -0.2) is 17.5 Å². The minimum atomic E-state index is -3.82. The van der Waals surface area contributed by atoms with Crippen LogP contribution in [-0.4, -0.2) is 49.6 Å². The molecule has 1 saturated heterocycles. The number of carboxylic acid groups (broad SMARTS) is 1. The molecule has 1 fully saturated rings. The third-order valence-corrected chi connectivity index (χ3v) is 5.30. The van der Waals surface area contributed by atoms with Gasteiger partial charge in [0.2, 0.25) is 10.0 Å². The highest BCUT2D eigenvalue weighted by Crippen LogP contribution is 2.17. The Bertz CT molecular complexity index is 650. The normalized spacial score (nSPS) is 21.5. The minimum absolute atomic E-state index is 0.129. The predicted molar refractivity (Wildman–Crippen MR) is 78.4 cm³/mol. The first-order chi connectivity index (χ1) is 10.3. The van der Waals surface area contributed by atoms with Gasteiger partial charge in [-0.3, -0.25) is 9.69 Å². The Balaban J connectivity index is 2.08. The van der Waals surface area contributed by atoms with E-state index in [0.717, 1.165) is 6.07 Å². The van der Waals surface area contributed by atoms with E-state index in [9.17, 15) is 17.6 Å². The number of nitrogens with zero attached hydrogens (tertiary/aromatic N) is 1. The first-order valence-corrected chi connectivity index (χ1v) is 8.52. The van der Waals surface area contributed by atoms with Gasteiger partial charge in [0.25, 0.3) is 0 Å². The van der Waals surface area contributed by atoms with Gasteiger partial charge in [-0.1, -0.05) is 6.07 Å². The number of rotatable bonds is 5. The van der Waals surface area contributed by atoms with Crippen molar-refractivity contribution in [2.75, 3.05) is 13.1 Å². The van der Waals surface area contributed by atoms with E-state index in [0.29, 0.717) is 25.9 Å². The van der Waals surface area contributed by atoms with Crippen molar-refractivity contribution in [1.82, 2.24) is 9.62 Å². The van der Waals surface area contributed by atoms with Crippen LogP contribution in [0.15, 0.2) is 29.2 Å².